The minimum absolute atomic E-state index is 0.0832. The van der Waals surface area contributed by atoms with Crippen molar-refractivity contribution < 1.29 is 9.53 Å². The highest BCUT2D eigenvalue weighted by Crippen LogP contribution is 2.18. The number of carbonyl (C=O) groups is 1. The lowest BCUT2D eigenvalue weighted by Crippen LogP contribution is -2.34. The van der Waals surface area contributed by atoms with E-state index in [0.717, 1.165) is 31.0 Å². The van der Waals surface area contributed by atoms with Crippen LogP contribution >= 0.6 is 0 Å². The van der Waals surface area contributed by atoms with E-state index in [1.54, 1.807) is 7.11 Å². The molecular formula is C12H21N5O2. The molecule has 2 unspecified atom stereocenters. The van der Waals surface area contributed by atoms with Crippen molar-refractivity contribution in [3.8, 4) is 0 Å². The van der Waals surface area contributed by atoms with Crippen molar-refractivity contribution in [3.05, 3.63) is 11.6 Å². The SMILES string of the molecule is COC(CN)CC(=O)NC(C)c1nnc2n1CCC2. The van der Waals surface area contributed by atoms with Crippen LogP contribution in [0.3, 0.4) is 0 Å². The molecule has 0 saturated heterocycles. The van der Waals surface area contributed by atoms with Crippen LogP contribution < -0.4 is 11.1 Å². The number of nitrogens with zero attached hydrogens (tertiary/aromatic N) is 3. The quantitative estimate of drug-likeness (QED) is 0.742. The van der Waals surface area contributed by atoms with Gasteiger partial charge in [0.05, 0.1) is 18.6 Å². The maximum Gasteiger partial charge on any atom is 0.223 e. The fraction of sp³-hybridized carbons (Fsp3) is 0.750. The van der Waals surface area contributed by atoms with Crippen molar-refractivity contribution in [3.63, 3.8) is 0 Å². The predicted octanol–water partition coefficient (Wildman–Crippen LogP) is -0.235. The van der Waals surface area contributed by atoms with Crippen LogP contribution in [0.15, 0.2) is 0 Å². The van der Waals surface area contributed by atoms with Crippen LogP contribution in [0.4, 0.5) is 0 Å². The van der Waals surface area contributed by atoms with Crippen LogP contribution in [0.2, 0.25) is 0 Å². The van der Waals surface area contributed by atoms with E-state index in [1.165, 1.54) is 0 Å². The Balaban J connectivity index is 1.93. The molecule has 1 aliphatic heterocycles. The Kier molecular flexibility index (Phi) is 4.49. The van der Waals surface area contributed by atoms with Gasteiger partial charge in [-0.05, 0) is 13.3 Å². The summed E-state index contributed by atoms with van der Waals surface area (Å²) in [5.41, 5.74) is 5.50. The average molecular weight is 267 g/mol. The van der Waals surface area contributed by atoms with Crippen molar-refractivity contribution >= 4 is 5.91 Å². The summed E-state index contributed by atoms with van der Waals surface area (Å²) >= 11 is 0. The second-order valence-corrected chi connectivity index (χ2v) is 4.82. The number of carbonyl (C=O) groups excluding carboxylic acids is 1. The van der Waals surface area contributed by atoms with Gasteiger partial charge in [0.1, 0.15) is 5.82 Å². The number of nitrogens with one attached hydrogen (secondary N) is 1. The summed E-state index contributed by atoms with van der Waals surface area (Å²) in [7, 11) is 1.56. The molecule has 0 aliphatic carbocycles. The molecule has 2 rings (SSSR count). The molecule has 0 spiro atoms. The van der Waals surface area contributed by atoms with E-state index >= 15 is 0 Å². The maximum absolute atomic E-state index is 11.9. The Hall–Kier alpha value is -1.47. The van der Waals surface area contributed by atoms with Gasteiger partial charge in [-0.3, -0.25) is 4.79 Å². The number of methoxy groups -OCH3 is 1. The number of ether oxygens (including phenoxy) is 1. The first-order valence-electron chi connectivity index (χ1n) is 6.60. The molecule has 0 saturated carbocycles. The largest absolute Gasteiger partial charge is 0.380 e. The van der Waals surface area contributed by atoms with Gasteiger partial charge in [-0.1, -0.05) is 0 Å². The van der Waals surface area contributed by atoms with Crippen LogP contribution in [-0.4, -0.2) is 40.4 Å². The molecule has 0 fully saturated rings. The second-order valence-electron chi connectivity index (χ2n) is 4.82. The van der Waals surface area contributed by atoms with E-state index in [9.17, 15) is 4.79 Å². The number of amides is 1. The lowest BCUT2D eigenvalue weighted by Gasteiger charge is -2.16. The van der Waals surface area contributed by atoms with Crippen LogP contribution in [-0.2, 0) is 22.5 Å². The van der Waals surface area contributed by atoms with Crippen molar-refractivity contribution in [2.24, 2.45) is 5.73 Å². The van der Waals surface area contributed by atoms with E-state index in [4.69, 9.17) is 10.5 Å². The maximum atomic E-state index is 11.9. The molecule has 2 atom stereocenters. The zero-order chi connectivity index (χ0) is 13.8. The van der Waals surface area contributed by atoms with Gasteiger partial charge in [-0.2, -0.15) is 0 Å². The fourth-order valence-electron chi connectivity index (χ4n) is 2.33. The van der Waals surface area contributed by atoms with Crippen LogP contribution in [0, 0.1) is 0 Å². The lowest BCUT2D eigenvalue weighted by molar-refractivity contribution is -0.124. The topological polar surface area (TPSA) is 95.1 Å². The van der Waals surface area contributed by atoms with E-state index < -0.39 is 0 Å². The van der Waals surface area contributed by atoms with E-state index in [1.807, 2.05) is 6.92 Å². The molecule has 0 aromatic carbocycles. The summed E-state index contributed by atoms with van der Waals surface area (Å²) in [6.45, 7) is 3.18. The molecule has 2 heterocycles. The van der Waals surface area contributed by atoms with E-state index in [0.29, 0.717) is 6.54 Å². The highest BCUT2D eigenvalue weighted by Gasteiger charge is 2.23. The average Bonchev–Trinajstić information content (AvgIpc) is 2.97. The third-order valence-corrected chi connectivity index (χ3v) is 3.41. The van der Waals surface area contributed by atoms with Gasteiger partial charge in [0.25, 0.3) is 0 Å². The third-order valence-electron chi connectivity index (χ3n) is 3.41. The highest BCUT2D eigenvalue weighted by atomic mass is 16.5. The van der Waals surface area contributed by atoms with Gasteiger partial charge in [0, 0.05) is 26.6 Å². The monoisotopic (exact) mass is 267 g/mol. The molecule has 0 bridgehead atoms. The van der Waals surface area contributed by atoms with Crippen LogP contribution in [0.1, 0.15) is 37.5 Å². The number of hydrogen-bond acceptors (Lipinski definition) is 5. The molecule has 7 nitrogen and oxygen atoms in total. The predicted molar refractivity (Wildman–Crippen MR) is 69.4 cm³/mol. The van der Waals surface area contributed by atoms with Crippen LogP contribution in [0.5, 0.6) is 0 Å². The standard InChI is InChI=1S/C12H21N5O2/c1-8(14-11(18)6-9(7-13)19-2)12-16-15-10-4-3-5-17(10)12/h8-9H,3-7,13H2,1-2H3,(H,14,18). The molecule has 0 radical (unpaired) electrons. The number of nitrogens with two attached hydrogens (primary N) is 1. The smallest absolute Gasteiger partial charge is 0.223 e. The van der Waals surface area contributed by atoms with Crippen molar-refractivity contribution in [1.82, 2.24) is 20.1 Å². The van der Waals surface area contributed by atoms with Gasteiger partial charge in [-0.15, -0.1) is 10.2 Å². The fourth-order valence-corrected chi connectivity index (χ4v) is 2.33. The molecule has 1 aliphatic rings. The summed E-state index contributed by atoms with van der Waals surface area (Å²) in [5.74, 6) is 1.75. The number of fused-ring (bicyclic) bond motifs is 1. The molecular weight excluding hydrogens is 246 g/mol. The minimum atomic E-state index is -0.240. The second kappa shape index (κ2) is 6.12. The Bertz CT molecular complexity index is 441. The Morgan fingerprint density at radius 2 is 2.37 bits per heavy atom. The molecule has 7 heteroatoms. The van der Waals surface area contributed by atoms with Gasteiger partial charge in [-0.25, -0.2) is 0 Å². The zero-order valence-electron chi connectivity index (χ0n) is 11.4. The van der Waals surface area contributed by atoms with E-state index in [-0.39, 0.29) is 24.5 Å². The van der Waals surface area contributed by atoms with Crippen molar-refractivity contribution in [2.45, 2.75) is 44.9 Å². The third kappa shape index (κ3) is 3.10. The summed E-state index contributed by atoms with van der Waals surface area (Å²) in [4.78, 5) is 11.9. The summed E-state index contributed by atoms with van der Waals surface area (Å²) in [5, 5.41) is 11.2. The molecule has 19 heavy (non-hydrogen) atoms. The Morgan fingerprint density at radius 3 is 3.05 bits per heavy atom. The van der Waals surface area contributed by atoms with Gasteiger partial charge < -0.3 is 20.4 Å². The van der Waals surface area contributed by atoms with Crippen LogP contribution in [0.25, 0.3) is 0 Å². The lowest BCUT2D eigenvalue weighted by atomic mass is 10.2. The Morgan fingerprint density at radius 1 is 1.58 bits per heavy atom. The molecule has 1 amide bonds. The Labute approximate surface area is 112 Å². The van der Waals surface area contributed by atoms with Gasteiger partial charge in [0.15, 0.2) is 5.82 Å². The molecule has 1 aromatic rings. The first kappa shape index (κ1) is 14.0. The first-order valence-corrected chi connectivity index (χ1v) is 6.60. The zero-order valence-corrected chi connectivity index (χ0v) is 11.4. The minimum Gasteiger partial charge on any atom is -0.380 e. The molecule has 106 valence electrons. The summed E-state index contributed by atoms with van der Waals surface area (Å²) < 4.78 is 7.18. The highest BCUT2D eigenvalue weighted by molar-refractivity contribution is 5.76. The molecule has 3 N–H and O–H groups in total. The van der Waals surface area contributed by atoms with Gasteiger partial charge in [0.2, 0.25) is 5.91 Å². The number of aryl methyl sites for hydroxylation is 1. The summed E-state index contributed by atoms with van der Waals surface area (Å²) in [6, 6.07) is -0.151. The van der Waals surface area contributed by atoms with E-state index in [2.05, 4.69) is 20.1 Å². The normalized spacial score (nSPS) is 17.0. The summed E-state index contributed by atoms with van der Waals surface area (Å²) in [6.07, 6.45) is 2.08. The van der Waals surface area contributed by atoms with Crippen molar-refractivity contribution in [2.75, 3.05) is 13.7 Å². The first-order chi connectivity index (χ1) is 9.15. The van der Waals surface area contributed by atoms with Crippen molar-refractivity contribution in [1.29, 1.82) is 0 Å². The number of aromatic nitrogens is 3. The van der Waals surface area contributed by atoms with Gasteiger partial charge >= 0.3 is 0 Å². The number of rotatable bonds is 6. The molecule has 1 aromatic heterocycles. The number of hydrogen-bond donors (Lipinski definition) is 2.